The van der Waals surface area contributed by atoms with Crippen LogP contribution in [-0.4, -0.2) is 19.7 Å². The molecule has 5 nitrogen and oxygen atoms in total. The molecule has 0 unspecified atom stereocenters. The molecular formula is C6H3N5S. The predicted octanol–water partition coefficient (Wildman–Crippen LogP) is 0.595. The Labute approximate surface area is 71.9 Å². The van der Waals surface area contributed by atoms with E-state index in [1.165, 1.54) is 11.3 Å². The highest BCUT2D eigenvalue weighted by Crippen LogP contribution is 2.10. The van der Waals surface area contributed by atoms with E-state index in [4.69, 9.17) is 5.26 Å². The molecule has 58 valence electrons. The largest absolute Gasteiger partial charge is 0.265 e. The van der Waals surface area contributed by atoms with Gasteiger partial charge in [0.2, 0.25) is 11.0 Å². The number of imidazole rings is 1. The number of aromatic nitrogens is 4. The number of hydrogen-bond donors (Lipinski definition) is 0. The van der Waals surface area contributed by atoms with Crippen molar-refractivity contribution in [2.45, 2.75) is 0 Å². The SMILES string of the molecule is N#Cc1nccn1-c1nncs1. The highest BCUT2D eigenvalue weighted by Gasteiger charge is 2.05. The first-order valence-electron chi connectivity index (χ1n) is 3.12. The molecule has 2 heterocycles. The van der Waals surface area contributed by atoms with Crippen LogP contribution in [0.15, 0.2) is 17.9 Å². The molecule has 6 heteroatoms. The molecular weight excluding hydrogens is 174 g/mol. The Hall–Kier alpha value is -1.74. The second kappa shape index (κ2) is 2.71. The summed E-state index contributed by atoms with van der Waals surface area (Å²) in [6, 6.07) is 1.95. The molecule has 0 aliphatic carbocycles. The van der Waals surface area contributed by atoms with Crippen molar-refractivity contribution in [3.63, 3.8) is 0 Å². The van der Waals surface area contributed by atoms with E-state index in [0.717, 1.165) is 0 Å². The number of nitrogens with zero attached hydrogens (tertiary/aromatic N) is 5. The van der Waals surface area contributed by atoms with E-state index in [1.54, 1.807) is 22.5 Å². The maximum Gasteiger partial charge on any atom is 0.219 e. The third kappa shape index (κ3) is 0.963. The third-order valence-electron chi connectivity index (χ3n) is 1.30. The molecule has 0 atom stereocenters. The van der Waals surface area contributed by atoms with E-state index in [9.17, 15) is 0 Å². The molecule has 0 bridgehead atoms. The molecule has 12 heavy (non-hydrogen) atoms. The van der Waals surface area contributed by atoms with Crippen molar-refractivity contribution >= 4 is 11.3 Å². The first-order valence-corrected chi connectivity index (χ1v) is 4.00. The topological polar surface area (TPSA) is 67.4 Å². The van der Waals surface area contributed by atoms with E-state index < -0.39 is 0 Å². The lowest BCUT2D eigenvalue weighted by molar-refractivity contribution is 0.947. The van der Waals surface area contributed by atoms with Crippen LogP contribution in [0.25, 0.3) is 5.13 Å². The van der Waals surface area contributed by atoms with Crippen LogP contribution in [0.3, 0.4) is 0 Å². The van der Waals surface area contributed by atoms with Crippen LogP contribution in [-0.2, 0) is 0 Å². The number of nitriles is 1. The van der Waals surface area contributed by atoms with Gasteiger partial charge in [-0.2, -0.15) is 5.26 Å². The fourth-order valence-electron chi connectivity index (χ4n) is 0.813. The highest BCUT2D eigenvalue weighted by molar-refractivity contribution is 7.11. The van der Waals surface area contributed by atoms with Gasteiger partial charge >= 0.3 is 0 Å². The smallest absolute Gasteiger partial charge is 0.219 e. The molecule has 0 aromatic carbocycles. The van der Waals surface area contributed by atoms with Crippen molar-refractivity contribution in [2.75, 3.05) is 0 Å². The van der Waals surface area contributed by atoms with Crippen LogP contribution in [0.5, 0.6) is 0 Å². The normalized spacial score (nSPS) is 9.58. The average Bonchev–Trinajstić information content (AvgIpc) is 2.74. The van der Waals surface area contributed by atoms with E-state index >= 15 is 0 Å². The molecule has 0 aliphatic rings. The fraction of sp³-hybridized carbons (Fsp3) is 0. The molecule has 2 aromatic heterocycles. The van der Waals surface area contributed by atoms with E-state index in [1.807, 2.05) is 6.07 Å². The summed E-state index contributed by atoms with van der Waals surface area (Å²) in [5, 5.41) is 16.8. The van der Waals surface area contributed by atoms with E-state index in [2.05, 4.69) is 15.2 Å². The van der Waals surface area contributed by atoms with Gasteiger partial charge in [0, 0.05) is 12.4 Å². The highest BCUT2D eigenvalue weighted by atomic mass is 32.1. The van der Waals surface area contributed by atoms with Gasteiger partial charge in [-0.3, -0.25) is 4.57 Å². The van der Waals surface area contributed by atoms with Gasteiger partial charge in [0.15, 0.2) is 0 Å². The zero-order chi connectivity index (χ0) is 8.39. The second-order valence-corrected chi connectivity index (χ2v) is 2.77. The predicted molar refractivity (Wildman–Crippen MR) is 41.7 cm³/mol. The van der Waals surface area contributed by atoms with Gasteiger partial charge in [-0.25, -0.2) is 4.98 Å². The molecule has 2 rings (SSSR count). The van der Waals surface area contributed by atoms with Gasteiger partial charge < -0.3 is 0 Å². The average molecular weight is 177 g/mol. The molecule has 0 aliphatic heterocycles. The standard InChI is InChI=1S/C6H3N5S/c7-3-5-8-1-2-11(5)6-10-9-4-12-6/h1-2,4H. The van der Waals surface area contributed by atoms with Crippen LogP contribution >= 0.6 is 11.3 Å². The summed E-state index contributed by atoms with van der Waals surface area (Å²) in [6.07, 6.45) is 3.24. The minimum Gasteiger partial charge on any atom is -0.265 e. The molecule has 2 aromatic rings. The first kappa shape index (κ1) is 6.94. The van der Waals surface area contributed by atoms with Gasteiger partial charge in [-0.05, 0) is 0 Å². The summed E-state index contributed by atoms with van der Waals surface area (Å²) in [6.45, 7) is 0. The van der Waals surface area contributed by atoms with Crippen LogP contribution in [0.1, 0.15) is 5.82 Å². The monoisotopic (exact) mass is 177 g/mol. The number of rotatable bonds is 1. The summed E-state index contributed by atoms with van der Waals surface area (Å²) < 4.78 is 1.59. The minimum atomic E-state index is 0.326. The Kier molecular flexibility index (Phi) is 1.57. The van der Waals surface area contributed by atoms with Crippen molar-refractivity contribution in [3.05, 3.63) is 23.7 Å². The lowest BCUT2D eigenvalue weighted by Gasteiger charge is -1.93. The van der Waals surface area contributed by atoms with Crippen molar-refractivity contribution < 1.29 is 0 Å². The molecule has 0 N–H and O–H groups in total. The van der Waals surface area contributed by atoms with Crippen LogP contribution in [0.2, 0.25) is 0 Å². The quantitative estimate of drug-likeness (QED) is 0.639. The first-order chi connectivity index (χ1) is 5.92. The minimum absolute atomic E-state index is 0.326. The Morgan fingerprint density at radius 3 is 3.17 bits per heavy atom. The van der Waals surface area contributed by atoms with Gasteiger partial charge in [0.1, 0.15) is 11.6 Å². The molecule has 0 radical (unpaired) electrons. The third-order valence-corrected chi connectivity index (χ3v) is 1.98. The number of hydrogen-bond acceptors (Lipinski definition) is 5. The zero-order valence-electron chi connectivity index (χ0n) is 5.88. The van der Waals surface area contributed by atoms with E-state index in [-0.39, 0.29) is 0 Å². The summed E-state index contributed by atoms with van der Waals surface area (Å²) in [4.78, 5) is 3.83. The summed E-state index contributed by atoms with van der Waals surface area (Å²) in [5.41, 5.74) is 1.61. The van der Waals surface area contributed by atoms with Crippen LogP contribution in [0.4, 0.5) is 0 Å². The maximum atomic E-state index is 8.63. The van der Waals surface area contributed by atoms with Crippen LogP contribution < -0.4 is 0 Å². The van der Waals surface area contributed by atoms with Gasteiger partial charge in [-0.15, -0.1) is 10.2 Å². The van der Waals surface area contributed by atoms with Gasteiger partial charge in [0.25, 0.3) is 0 Å². The van der Waals surface area contributed by atoms with Crippen molar-refractivity contribution in [1.82, 2.24) is 19.7 Å². The Morgan fingerprint density at radius 2 is 2.50 bits per heavy atom. The Morgan fingerprint density at radius 1 is 1.58 bits per heavy atom. The van der Waals surface area contributed by atoms with Gasteiger partial charge in [-0.1, -0.05) is 11.3 Å². The molecule has 0 amide bonds. The zero-order valence-corrected chi connectivity index (χ0v) is 6.69. The van der Waals surface area contributed by atoms with E-state index in [0.29, 0.717) is 11.0 Å². The van der Waals surface area contributed by atoms with Crippen molar-refractivity contribution in [2.24, 2.45) is 0 Å². The molecule has 0 fully saturated rings. The second-order valence-electron chi connectivity index (χ2n) is 1.95. The van der Waals surface area contributed by atoms with Crippen molar-refractivity contribution in [3.8, 4) is 11.2 Å². The summed E-state index contributed by atoms with van der Waals surface area (Å²) >= 11 is 1.36. The fourth-order valence-corrected chi connectivity index (χ4v) is 1.36. The molecule has 0 spiro atoms. The Balaban J connectivity index is 2.55. The summed E-state index contributed by atoms with van der Waals surface area (Å²) in [5.74, 6) is 0.326. The Bertz CT molecular complexity index is 409. The molecule has 0 saturated heterocycles. The van der Waals surface area contributed by atoms with Crippen molar-refractivity contribution in [1.29, 1.82) is 5.26 Å². The maximum absolute atomic E-state index is 8.63. The lowest BCUT2D eigenvalue weighted by Crippen LogP contribution is -1.95. The lowest BCUT2D eigenvalue weighted by atomic mass is 10.7. The van der Waals surface area contributed by atoms with Gasteiger partial charge in [0.05, 0.1) is 0 Å². The molecule has 0 saturated carbocycles. The van der Waals surface area contributed by atoms with Crippen LogP contribution in [0, 0.1) is 11.3 Å². The summed E-state index contributed by atoms with van der Waals surface area (Å²) in [7, 11) is 0.